The molecular weight excluding hydrogens is 1110 g/mol. The number of carbonyl (C=O) groups excluding carboxylic acids is 5. The number of imide groups is 2. The molecule has 0 spiro atoms. The van der Waals surface area contributed by atoms with Gasteiger partial charge < -0.3 is 75.7 Å². The molecule has 6 fully saturated rings. The molecule has 28 heteroatoms. The summed E-state index contributed by atoms with van der Waals surface area (Å²) >= 11 is 0. The summed E-state index contributed by atoms with van der Waals surface area (Å²) in [6.07, 6.45) is -0.123. The van der Waals surface area contributed by atoms with Crippen LogP contribution in [0.3, 0.4) is 0 Å². The van der Waals surface area contributed by atoms with E-state index in [1.807, 2.05) is 77.4 Å². The van der Waals surface area contributed by atoms with E-state index in [4.69, 9.17) is 19.9 Å². The van der Waals surface area contributed by atoms with Gasteiger partial charge in [-0.25, -0.2) is 19.6 Å². The lowest BCUT2D eigenvalue weighted by Gasteiger charge is -2.25. The fourth-order valence-electron chi connectivity index (χ4n) is 13.4. The maximum Gasteiger partial charge on any atom is 0.327 e. The molecule has 456 valence electrons. The number of fused-ring (bicyclic) bond motifs is 2. The van der Waals surface area contributed by atoms with Crippen molar-refractivity contribution in [1.82, 2.24) is 64.4 Å². The smallest absolute Gasteiger partial charge is 0.327 e. The van der Waals surface area contributed by atoms with Crippen molar-refractivity contribution in [2.75, 3.05) is 72.9 Å². The molecule has 6 aromatic rings. The van der Waals surface area contributed by atoms with Gasteiger partial charge in [0.2, 0.25) is 23.7 Å². The Hall–Kier alpha value is -8.15. The Labute approximate surface area is 494 Å². The molecule has 10 N–H and O–H groups in total. The number of rotatable bonds is 20. The predicted molar refractivity (Wildman–Crippen MR) is 311 cm³/mol. The van der Waals surface area contributed by atoms with Crippen LogP contribution in [-0.2, 0) is 27.2 Å². The van der Waals surface area contributed by atoms with Crippen LogP contribution in [0, 0.1) is 5.92 Å². The first-order chi connectivity index (χ1) is 41.6. The van der Waals surface area contributed by atoms with Crippen LogP contribution in [0.1, 0.15) is 75.6 Å². The van der Waals surface area contributed by atoms with Crippen molar-refractivity contribution in [3.05, 3.63) is 84.4 Å². The number of nitrogens with zero attached hydrogens (tertiary/aromatic N) is 13. The van der Waals surface area contributed by atoms with Crippen LogP contribution in [-0.4, -0.2) is 227 Å². The number of aliphatic hydroxyl groups is 6. The van der Waals surface area contributed by atoms with Crippen molar-refractivity contribution in [2.45, 2.75) is 138 Å². The number of nitrogens with one attached hydrogen (secondary N) is 4. The highest BCUT2D eigenvalue weighted by atomic mass is 16.3. The second kappa shape index (κ2) is 24.3. The second-order valence-electron chi connectivity index (χ2n) is 23.5. The van der Waals surface area contributed by atoms with Crippen molar-refractivity contribution in [2.24, 2.45) is 5.92 Å². The summed E-state index contributed by atoms with van der Waals surface area (Å²) in [5.74, 6) is -0.512. The number of aromatic nitrogens is 8. The molecule has 0 radical (unpaired) electrons. The number of likely N-dealkylation sites (N-methyl/N-ethyl adjacent to an activating group) is 1. The monoisotopic (exact) mass is 1180 g/mol. The van der Waals surface area contributed by atoms with E-state index in [-0.39, 0.29) is 74.8 Å². The Bertz CT molecular complexity index is 3260. The van der Waals surface area contributed by atoms with Crippen LogP contribution in [0.4, 0.5) is 33.1 Å². The molecular formula is C58H73N17O11. The van der Waals surface area contributed by atoms with E-state index in [1.165, 1.54) is 17.6 Å². The summed E-state index contributed by atoms with van der Waals surface area (Å²) in [5, 5.41) is 80.2. The SMILES string of the molecule is CCC1CC(=O)N([C@H]2C[C@@H](n3cnc4c(N[C@H](CO)Cc5ccccc5)nc(N5CC[C@@H](NC(=O)N[C@@H]6CCN(c7nc(N[C@H](CO)Cc8ccccc8)c8ncn([C@@H]9C[C@H](N%10C(=O)CN(CC)C%10=O)[C@@H](O)[C@H]9O)c8n7)C6)C5)nc43)[C@H](O)[C@@H]2O)C1=O. The number of hydrogen-bond acceptors (Lipinski definition) is 21. The summed E-state index contributed by atoms with van der Waals surface area (Å²) in [4.78, 5) is 103. The van der Waals surface area contributed by atoms with Gasteiger partial charge in [-0.1, -0.05) is 67.6 Å². The van der Waals surface area contributed by atoms with Gasteiger partial charge >= 0.3 is 12.1 Å². The van der Waals surface area contributed by atoms with Crippen molar-refractivity contribution < 1.29 is 54.6 Å². The number of benzene rings is 2. The highest BCUT2D eigenvalue weighted by Crippen LogP contribution is 2.41. The third-order valence-corrected chi connectivity index (χ3v) is 18.0. The summed E-state index contributed by atoms with van der Waals surface area (Å²) in [5.41, 5.74) is 3.23. The van der Waals surface area contributed by atoms with Crippen LogP contribution >= 0.6 is 0 Å². The van der Waals surface area contributed by atoms with Gasteiger partial charge in [-0.3, -0.25) is 24.2 Å². The maximum atomic E-state index is 13.9. The van der Waals surface area contributed by atoms with Gasteiger partial charge in [-0.05, 0) is 63.0 Å². The van der Waals surface area contributed by atoms with E-state index in [1.54, 1.807) is 16.1 Å². The molecule has 0 bridgehead atoms. The Morgan fingerprint density at radius 3 is 1.51 bits per heavy atom. The van der Waals surface area contributed by atoms with Crippen LogP contribution in [0.5, 0.6) is 0 Å². The molecule has 2 saturated carbocycles. The molecule has 86 heavy (non-hydrogen) atoms. The number of urea groups is 2. The van der Waals surface area contributed by atoms with E-state index in [0.717, 1.165) is 20.9 Å². The molecule has 4 aromatic heterocycles. The van der Waals surface area contributed by atoms with E-state index in [9.17, 15) is 54.6 Å². The van der Waals surface area contributed by atoms with E-state index in [2.05, 4.69) is 31.2 Å². The standard InChI is InChI=1S/C58H73N17O11/c1-3-33-21-42(78)74(54(33)84)40-22-38(46(80)48(40)82)72-29-59-44-50(61-36(27-76)19-31-11-7-5-8-12-31)65-55(67-52(44)72)70-17-15-34(24-70)63-57(85)64-35-16-18-71(25-35)56-66-51(62-37(28-77)20-32-13-9-6-10-14-32)45-53(68-56)73(30-60-45)39-23-41(49(83)47(39)81)75-43(79)26-69(4-2)58(75)86/h5-14,29-30,33-41,46-49,76-77,80-83H,3-4,15-28H2,1-2H3,(H,61,65,67)(H,62,66,68)(H2,63,64,85)/t33?,34-,35-,36+,37+,38-,39-,40+,41+,46+,47+,48-,49-/m1/s1. The van der Waals surface area contributed by atoms with E-state index in [0.29, 0.717) is 98.8 Å². The molecule has 6 aliphatic rings. The molecule has 28 nitrogen and oxygen atoms in total. The Morgan fingerprint density at radius 2 is 1.08 bits per heavy atom. The number of amides is 7. The maximum absolute atomic E-state index is 13.9. The average molecular weight is 1180 g/mol. The number of anilines is 4. The zero-order chi connectivity index (χ0) is 60.1. The Balaban J connectivity index is 0.757. The molecule has 1 unspecified atom stereocenters. The van der Waals surface area contributed by atoms with Crippen LogP contribution in [0.15, 0.2) is 73.3 Å². The fraction of sp³-hybridized carbons (Fsp3) is 0.534. The first-order valence-corrected chi connectivity index (χ1v) is 29.7. The minimum Gasteiger partial charge on any atom is -0.394 e. The van der Waals surface area contributed by atoms with Gasteiger partial charge in [0, 0.05) is 57.1 Å². The topological polar surface area (TPSA) is 358 Å². The average Bonchev–Trinajstić information content (AvgIpc) is 3.24. The van der Waals surface area contributed by atoms with Gasteiger partial charge in [0.1, 0.15) is 31.0 Å². The molecule has 8 heterocycles. The van der Waals surface area contributed by atoms with Gasteiger partial charge in [-0.15, -0.1) is 0 Å². The predicted octanol–water partition coefficient (Wildman–Crippen LogP) is 0.293. The lowest BCUT2D eigenvalue weighted by Crippen LogP contribution is -2.48. The highest BCUT2D eigenvalue weighted by Gasteiger charge is 2.53. The zero-order valence-electron chi connectivity index (χ0n) is 47.8. The molecule has 2 aliphatic carbocycles. The fourth-order valence-corrected chi connectivity index (χ4v) is 13.4. The van der Waals surface area contributed by atoms with Crippen LogP contribution < -0.4 is 31.1 Å². The minimum atomic E-state index is -1.45. The summed E-state index contributed by atoms with van der Waals surface area (Å²) in [6, 6.07) is 13.0. The van der Waals surface area contributed by atoms with Gasteiger partial charge in [0.15, 0.2) is 34.0 Å². The first-order valence-electron chi connectivity index (χ1n) is 29.7. The third kappa shape index (κ3) is 11.1. The molecule has 13 atom stereocenters. The van der Waals surface area contributed by atoms with Crippen LogP contribution in [0.2, 0.25) is 0 Å². The normalized spacial score (nSPS) is 27.6. The molecule has 12 rings (SSSR count). The number of imidazole rings is 2. The lowest BCUT2D eigenvalue weighted by molar-refractivity contribution is -0.145. The van der Waals surface area contributed by atoms with Crippen molar-refractivity contribution in [3.63, 3.8) is 0 Å². The van der Waals surface area contributed by atoms with Crippen molar-refractivity contribution >= 4 is 75.6 Å². The Morgan fingerprint density at radius 1 is 0.616 bits per heavy atom. The van der Waals surface area contributed by atoms with Gasteiger partial charge in [-0.2, -0.15) is 19.9 Å². The number of likely N-dealkylation sites (tertiary alicyclic amines) is 1. The molecule has 2 aromatic carbocycles. The lowest BCUT2D eigenvalue weighted by atomic mass is 10.1. The summed E-state index contributed by atoms with van der Waals surface area (Å²) in [7, 11) is 0. The van der Waals surface area contributed by atoms with E-state index >= 15 is 0 Å². The van der Waals surface area contributed by atoms with E-state index < -0.39 is 84.6 Å². The highest BCUT2D eigenvalue weighted by molar-refractivity contribution is 6.04. The summed E-state index contributed by atoms with van der Waals surface area (Å²) < 4.78 is 3.28. The quantitative estimate of drug-likeness (QED) is 0.0363. The Kier molecular flexibility index (Phi) is 16.5. The summed E-state index contributed by atoms with van der Waals surface area (Å²) in [6.45, 7) is 4.79. The van der Waals surface area contributed by atoms with Gasteiger partial charge in [0.05, 0.1) is 62.1 Å². The molecule has 4 aliphatic heterocycles. The second-order valence-corrected chi connectivity index (χ2v) is 23.5. The van der Waals surface area contributed by atoms with Crippen molar-refractivity contribution in [1.29, 1.82) is 0 Å². The number of aliphatic hydroxyl groups excluding tert-OH is 6. The largest absolute Gasteiger partial charge is 0.394 e. The molecule has 7 amide bonds. The van der Waals surface area contributed by atoms with Crippen molar-refractivity contribution in [3.8, 4) is 0 Å². The number of hydrogen-bond donors (Lipinski definition) is 10. The molecule has 4 saturated heterocycles. The van der Waals surface area contributed by atoms with Crippen LogP contribution in [0.25, 0.3) is 22.3 Å². The first kappa shape index (κ1) is 58.2. The number of carbonyl (C=O) groups is 5. The zero-order valence-corrected chi connectivity index (χ0v) is 47.8. The third-order valence-electron chi connectivity index (χ3n) is 18.0. The van der Waals surface area contributed by atoms with Gasteiger partial charge in [0.25, 0.3) is 5.91 Å². The minimum absolute atomic E-state index is 0.0278.